The number of carbonyl (C=O) groups is 1. The molecule has 4 heteroatoms. The molecule has 1 spiro atoms. The van der Waals surface area contributed by atoms with Gasteiger partial charge < -0.3 is 10.6 Å². The molecule has 4 rings (SSSR count). The lowest BCUT2D eigenvalue weighted by Crippen LogP contribution is -2.60. The van der Waals surface area contributed by atoms with Crippen molar-refractivity contribution in [3.8, 4) is 0 Å². The summed E-state index contributed by atoms with van der Waals surface area (Å²) in [6.45, 7) is 0. The molecule has 21 heavy (non-hydrogen) atoms. The number of hydrogen-bond acceptors (Lipinski definition) is 2. The van der Waals surface area contributed by atoms with Crippen LogP contribution in [-0.2, 0) is 0 Å². The summed E-state index contributed by atoms with van der Waals surface area (Å²) in [5.74, 6) is 0.830. The minimum atomic E-state index is -0.363. The first-order valence-electron chi connectivity index (χ1n) is 7.96. The van der Waals surface area contributed by atoms with E-state index in [9.17, 15) is 4.79 Å². The average Bonchev–Trinajstić information content (AvgIpc) is 3.29. The average molecular weight is 283 g/mol. The standard InChI is InChI=1S/C17H21N3O/c18-15-17(20(13-9-10-13)16(21)19-15)11-5-4-8-14(17)12-6-2-1-3-7-12/h1-3,6-7,13-14H,4-5,8-11H2,(H2,18,19,21). The van der Waals surface area contributed by atoms with E-state index in [1.54, 1.807) is 0 Å². The molecule has 2 fully saturated rings. The molecule has 2 saturated carbocycles. The van der Waals surface area contributed by atoms with Crippen LogP contribution in [0.4, 0.5) is 4.79 Å². The number of nitrogens with two attached hydrogens (primary N) is 1. The lowest BCUT2D eigenvalue weighted by molar-refractivity contribution is 0.119. The zero-order chi connectivity index (χ0) is 14.4. The largest absolute Gasteiger partial charge is 0.385 e. The maximum absolute atomic E-state index is 12.4. The van der Waals surface area contributed by atoms with Gasteiger partial charge in [0, 0.05) is 12.0 Å². The monoisotopic (exact) mass is 283 g/mol. The van der Waals surface area contributed by atoms with Gasteiger partial charge in [0.15, 0.2) is 0 Å². The van der Waals surface area contributed by atoms with Gasteiger partial charge in [-0.05, 0) is 31.2 Å². The zero-order valence-corrected chi connectivity index (χ0v) is 12.2. The van der Waals surface area contributed by atoms with E-state index in [1.807, 2.05) is 11.0 Å². The maximum atomic E-state index is 12.4. The highest BCUT2D eigenvalue weighted by atomic mass is 16.2. The first-order valence-corrected chi connectivity index (χ1v) is 7.96. The second-order valence-electron chi connectivity index (χ2n) is 6.51. The van der Waals surface area contributed by atoms with Gasteiger partial charge in [0.1, 0.15) is 11.4 Å². The van der Waals surface area contributed by atoms with Crippen molar-refractivity contribution in [2.75, 3.05) is 0 Å². The molecule has 1 aromatic carbocycles. The predicted octanol–water partition coefficient (Wildman–Crippen LogP) is 3.04. The van der Waals surface area contributed by atoms with Gasteiger partial charge in [-0.3, -0.25) is 0 Å². The Morgan fingerprint density at radius 2 is 1.90 bits per heavy atom. The fourth-order valence-electron chi connectivity index (χ4n) is 4.24. The number of hydrogen-bond donors (Lipinski definition) is 1. The van der Waals surface area contributed by atoms with Crippen molar-refractivity contribution in [2.45, 2.75) is 56.0 Å². The second-order valence-corrected chi connectivity index (χ2v) is 6.51. The predicted molar refractivity (Wildman–Crippen MR) is 82.3 cm³/mol. The quantitative estimate of drug-likeness (QED) is 0.907. The first-order chi connectivity index (χ1) is 10.2. The molecule has 0 aromatic heterocycles. The summed E-state index contributed by atoms with van der Waals surface area (Å²) >= 11 is 0. The van der Waals surface area contributed by atoms with Crippen molar-refractivity contribution in [2.24, 2.45) is 10.7 Å². The van der Waals surface area contributed by atoms with Crippen molar-refractivity contribution in [1.29, 1.82) is 0 Å². The van der Waals surface area contributed by atoms with Gasteiger partial charge in [0.25, 0.3) is 0 Å². The highest BCUT2D eigenvalue weighted by Crippen LogP contribution is 2.50. The van der Waals surface area contributed by atoms with E-state index in [0.717, 1.165) is 32.1 Å². The SMILES string of the molecule is NC1=NC(=O)N(C2CC2)C12CCCCC2c1ccccc1. The summed E-state index contributed by atoms with van der Waals surface area (Å²) in [4.78, 5) is 18.6. The summed E-state index contributed by atoms with van der Waals surface area (Å²) < 4.78 is 0. The summed E-state index contributed by atoms with van der Waals surface area (Å²) in [5, 5.41) is 0. The Hall–Kier alpha value is -1.84. The summed E-state index contributed by atoms with van der Waals surface area (Å²) in [6.07, 6.45) is 6.54. The van der Waals surface area contributed by atoms with Crippen LogP contribution in [0.15, 0.2) is 35.3 Å². The van der Waals surface area contributed by atoms with Crippen LogP contribution in [0.1, 0.15) is 50.0 Å². The minimum Gasteiger partial charge on any atom is -0.385 e. The fourth-order valence-corrected chi connectivity index (χ4v) is 4.24. The number of amides is 2. The molecule has 2 aliphatic carbocycles. The van der Waals surface area contributed by atoms with Crippen LogP contribution in [0.25, 0.3) is 0 Å². The lowest BCUT2D eigenvalue weighted by Gasteiger charge is -2.47. The van der Waals surface area contributed by atoms with Crippen molar-refractivity contribution in [3.63, 3.8) is 0 Å². The number of benzene rings is 1. The highest BCUT2D eigenvalue weighted by Gasteiger charge is 2.58. The molecule has 3 aliphatic rings. The molecule has 0 bridgehead atoms. The van der Waals surface area contributed by atoms with E-state index in [-0.39, 0.29) is 17.5 Å². The van der Waals surface area contributed by atoms with Gasteiger partial charge in [0.05, 0.1) is 0 Å². The second kappa shape index (κ2) is 4.58. The molecule has 0 saturated heterocycles. The first kappa shape index (κ1) is 12.9. The molecule has 2 amide bonds. The molecular formula is C17H21N3O. The van der Waals surface area contributed by atoms with Gasteiger partial charge in [-0.15, -0.1) is 0 Å². The molecule has 1 aromatic rings. The van der Waals surface area contributed by atoms with E-state index in [4.69, 9.17) is 5.73 Å². The zero-order valence-electron chi connectivity index (χ0n) is 12.2. The Balaban J connectivity index is 1.81. The van der Waals surface area contributed by atoms with Gasteiger partial charge >= 0.3 is 6.03 Å². The van der Waals surface area contributed by atoms with Crippen LogP contribution in [0.5, 0.6) is 0 Å². The number of aliphatic imine (C=N–C) groups is 1. The minimum absolute atomic E-state index is 0.113. The van der Waals surface area contributed by atoms with Crippen LogP contribution in [0, 0.1) is 0 Å². The highest BCUT2D eigenvalue weighted by molar-refractivity contribution is 6.07. The van der Waals surface area contributed by atoms with Crippen molar-refractivity contribution in [3.05, 3.63) is 35.9 Å². The molecule has 0 radical (unpaired) electrons. The molecule has 2 N–H and O–H groups in total. The van der Waals surface area contributed by atoms with E-state index in [2.05, 4.69) is 29.3 Å². The number of amidine groups is 1. The van der Waals surface area contributed by atoms with Gasteiger partial charge in [0.2, 0.25) is 0 Å². The molecular weight excluding hydrogens is 262 g/mol. The topological polar surface area (TPSA) is 58.7 Å². The van der Waals surface area contributed by atoms with Gasteiger partial charge in [-0.25, -0.2) is 4.79 Å². The van der Waals surface area contributed by atoms with Crippen LogP contribution in [-0.4, -0.2) is 28.3 Å². The third-order valence-corrected chi connectivity index (χ3v) is 5.29. The number of rotatable bonds is 2. The third-order valence-electron chi connectivity index (χ3n) is 5.29. The van der Waals surface area contributed by atoms with E-state index in [1.165, 1.54) is 12.0 Å². The van der Waals surface area contributed by atoms with Crippen LogP contribution in [0.3, 0.4) is 0 Å². The van der Waals surface area contributed by atoms with E-state index in [0.29, 0.717) is 11.9 Å². The molecule has 110 valence electrons. The Kier molecular flexibility index (Phi) is 2.81. The summed E-state index contributed by atoms with van der Waals surface area (Å²) in [6, 6.07) is 10.8. The van der Waals surface area contributed by atoms with Crippen LogP contribution in [0.2, 0.25) is 0 Å². The van der Waals surface area contributed by atoms with E-state index >= 15 is 0 Å². The number of nitrogens with zero attached hydrogens (tertiary/aromatic N) is 2. The molecule has 2 unspecified atom stereocenters. The Labute approximate surface area is 125 Å². The normalized spacial score (nSPS) is 32.6. The van der Waals surface area contributed by atoms with Crippen LogP contribution < -0.4 is 5.73 Å². The van der Waals surface area contributed by atoms with Gasteiger partial charge in [-0.1, -0.05) is 43.2 Å². The fraction of sp³-hybridized carbons (Fsp3) is 0.529. The molecule has 2 atom stereocenters. The molecule has 1 aliphatic heterocycles. The van der Waals surface area contributed by atoms with Crippen molar-refractivity contribution in [1.82, 2.24) is 4.90 Å². The number of urea groups is 1. The Bertz CT molecular complexity index is 593. The smallest absolute Gasteiger partial charge is 0.346 e. The molecule has 4 nitrogen and oxygen atoms in total. The summed E-state index contributed by atoms with van der Waals surface area (Å²) in [7, 11) is 0. The summed E-state index contributed by atoms with van der Waals surface area (Å²) in [5.41, 5.74) is 7.23. The van der Waals surface area contributed by atoms with Crippen molar-refractivity contribution >= 4 is 11.9 Å². The van der Waals surface area contributed by atoms with E-state index < -0.39 is 0 Å². The van der Waals surface area contributed by atoms with Gasteiger partial charge in [-0.2, -0.15) is 4.99 Å². The maximum Gasteiger partial charge on any atom is 0.346 e. The van der Waals surface area contributed by atoms with Crippen LogP contribution >= 0.6 is 0 Å². The molecule has 1 heterocycles. The third kappa shape index (κ3) is 1.81. The lowest BCUT2D eigenvalue weighted by atomic mass is 9.68. The van der Waals surface area contributed by atoms with Crippen molar-refractivity contribution < 1.29 is 4.79 Å². The Morgan fingerprint density at radius 3 is 2.62 bits per heavy atom. The number of carbonyl (C=O) groups excluding carboxylic acids is 1. The Morgan fingerprint density at radius 1 is 1.14 bits per heavy atom.